The summed E-state index contributed by atoms with van der Waals surface area (Å²) in [4.78, 5) is 2.45. The normalized spacial score (nSPS) is 11.7. The summed E-state index contributed by atoms with van der Waals surface area (Å²) in [6.07, 6.45) is 0. The molecule has 0 saturated carbocycles. The number of para-hydroxylation sites is 2. The number of nitrogens with zero attached hydrogens (tertiary/aromatic N) is 1. The molecule has 1 aromatic heterocycles. The largest absolute Gasteiger partial charge is 0.455 e. The molecule has 0 aliphatic heterocycles. The second kappa shape index (κ2) is 13.9. The smallest absolute Gasteiger partial charge is 0.143 e. The van der Waals surface area contributed by atoms with E-state index < -0.39 is 0 Å². The first kappa shape index (κ1) is 34.1. The third-order valence-corrected chi connectivity index (χ3v) is 12.3. The van der Waals surface area contributed by atoms with Crippen molar-refractivity contribution in [3.63, 3.8) is 0 Å². The lowest BCUT2D eigenvalue weighted by atomic mass is 9.93. The van der Waals surface area contributed by atoms with Gasteiger partial charge < -0.3 is 9.32 Å². The standard InChI is InChI=1S/C58H37NO/c1-4-18-43-38(14-1)17-11-24-48(43)50-21-7-9-27-54(50)59(42-34-30-41(31-35-42)45-23-12-25-47-44-19-5-2-15-39(44)32-36-49(45)47)55-28-10-8-22-51(55)52-26-13-29-56-57(52)53-37-33-40-16-3-6-20-46(40)58(53)60-56/h1-37H. The van der Waals surface area contributed by atoms with E-state index in [9.17, 15) is 0 Å². The SMILES string of the molecule is c1ccc(N(c2ccc(-c3cccc4c3ccc3ccccc34)cc2)c2ccccc2-c2cccc3oc4c5ccccc5ccc4c23)c(-c2cccc3ccccc23)c1. The number of hydrogen-bond donors (Lipinski definition) is 0. The van der Waals surface area contributed by atoms with Gasteiger partial charge in [-0.05, 0) is 96.4 Å². The fourth-order valence-corrected chi connectivity index (χ4v) is 9.52. The number of fused-ring (bicyclic) bond motifs is 9. The highest BCUT2D eigenvalue weighted by molar-refractivity contribution is 6.20. The molecule has 0 aliphatic carbocycles. The van der Waals surface area contributed by atoms with Gasteiger partial charge >= 0.3 is 0 Å². The van der Waals surface area contributed by atoms with Gasteiger partial charge in [-0.3, -0.25) is 0 Å². The Morgan fingerprint density at radius 2 is 0.783 bits per heavy atom. The Morgan fingerprint density at radius 3 is 1.55 bits per heavy atom. The van der Waals surface area contributed by atoms with E-state index in [-0.39, 0.29) is 0 Å². The molecule has 0 bridgehead atoms. The van der Waals surface area contributed by atoms with Crippen molar-refractivity contribution in [3.05, 3.63) is 224 Å². The Bertz CT molecular complexity index is 3610. The lowest BCUT2D eigenvalue weighted by molar-refractivity contribution is 0.673. The fourth-order valence-electron chi connectivity index (χ4n) is 9.52. The minimum atomic E-state index is 0.878. The fraction of sp³-hybridized carbons (Fsp3) is 0. The molecular formula is C58H37NO. The molecule has 0 N–H and O–H groups in total. The zero-order valence-electron chi connectivity index (χ0n) is 32.7. The minimum Gasteiger partial charge on any atom is -0.455 e. The van der Waals surface area contributed by atoms with Crippen LogP contribution in [0, 0.1) is 0 Å². The van der Waals surface area contributed by atoms with E-state index in [2.05, 4.69) is 229 Å². The van der Waals surface area contributed by atoms with Crippen molar-refractivity contribution in [2.75, 3.05) is 4.90 Å². The van der Waals surface area contributed by atoms with E-state index in [0.717, 1.165) is 61.1 Å². The van der Waals surface area contributed by atoms with Gasteiger partial charge in [0.15, 0.2) is 0 Å². The summed E-state index contributed by atoms with van der Waals surface area (Å²) < 4.78 is 6.71. The van der Waals surface area contributed by atoms with Crippen LogP contribution in [0.2, 0.25) is 0 Å². The van der Waals surface area contributed by atoms with Crippen molar-refractivity contribution < 1.29 is 4.42 Å². The molecule has 60 heavy (non-hydrogen) atoms. The first-order valence-electron chi connectivity index (χ1n) is 20.6. The van der Waals surface area contributed by atoms with Crippen LogP contribution in [0.25, 0.3) is 98.4 Å². The predicted octanol–water partition coefficient (Wildman–Crippen LogP) is 16.7. The van der Waals surface area contributed by atoms with Gasteiger partial charge in [0.05, 0.1) is 11.4 Å². The molecule has 0 atom stereocenters. The maximum Gasteiger partial charge on any atom is 0.143 e. The van der Waals surface area contributed by atoms with Gasteiger partial charge in [-0.25, -0.2) is 0 Å². The molecule has 12 aromatic rings. The molecule has 0 fully saturated rings. The Hall–Kier alpha value is -7.94. The Morgan fingerprint density at radius 1 is 0.283 bits per heavy atom. The van der Waals surface area contributed by atoms with Gasteiger partial charge in [-0.1, -0.05) is 188 Å². The highest BCUT2D eigenvalue weighted by atomic mass is 16.3. The van der Waals surface area contributed by atoms with Crippen molar-refractivity contribution in [1.29, 1.82) is 0 Å². The first-order valence-corrected chi connectivity index (χ1v) is 20.6. The molecule has 1 heterocycles. The highest BCUT2D eigenvalue weighted by Gasteiger charge is 2.23. The van der Waals surface area contributed by atoms with Gasteiger partial charge in [-0.15, -0.1) is 0 Å². The molecular weight excluding hydrogens is 727 g/mol. The summed E-state index contributed by atoms with van der Waals surface area (Å²) in [5, 5.41) is 12.0. The summed E-state index contributed by atoms with van der Waals surface area (Å²) in [6.45, 7) is 0. The van der Waals surface area contributed by atoms with E-state index in [1.807, 2.05) is 0 Å². The Labute approximate surface area is 347 Å². The van der Waals surface area contributed by atoms with Crippen molar-refractivity contribution >= 4 is 82.1 Å². The Balaban J connectivity index is 1.09. The van der Waals surface area contributed by atoms with Crippen LogP contribution in [0.3, 0.4) is 0 Å². The molecule has 280 valence electrons. The van der Waals surface area contributed by atoms with Crippen LogP contribution >= 0.6 is 0 Å². The monoisotopic (exact) mass is 763 g/mol. The third-order valence-electron chi connectivity index (χ3n) is 12.3. The lowest BCUT2D eigenvalue weighted by Gasteiger charge is -2.30. The zero-order valence-corrected chi connectivity index (χ0v) is 32.7. The molecule has 0 aliphatic rings. The van der Waals surface area contributed by atoms with Crippen molar-refractivity contribution in [3.8, 4) is 33.4 Å². The van der Waals surface area contributed by atoms with E-state index in [1.54, 1.807) is 0 Å². The zero-order chi connectivity index (χ0) is 39.6. The first-order chi connectivity index (χ1) is 29.8. The quantitative estimate of drug-likeness (QED) is 0.157. The molecule has 0 radical (unpaired) electrons. The van der Waals surface area contributed by atoms with Gasteiger partial charge in [0.25, 0.3) is 0 Å². The average Bonchev–Trinajstić information content (AvgIpc) is 3.72. The highest BCUT2D eigenvalue weighted by Crippen LogP contribution is 2.48. The van der Waals surface area contributed by atoms with Crippen LogP contribution in [0.4, 0.5) is 17.1 Å². The maximum absolute atomic E-state index is 6.71. The topological polar surface area (TPSA) is 16.4 Å². The van der Waals surface area contributed by atoms with Crippen molar-refractivity contribution in [2.45, 2.75) is 0 Å². The molecule has 11 aromatic carbocycles. The average molecular weight is 764 g/mol. The van der Waals surface area contributed by atoms with Crippen LogP contribution in [0.15, 0.2) is 229 Å². The summed E-state index contributed by atoms with van der Waals surface area (Å²) in [7, 11) is 0. The van der Waals surface area contributed by atoms with Crippen LogP contribution < -0.4 is 4.90 Å². The van der Waals surface area contributed by atoms with Gasteiger partial charge in [0.1, 0.15) is 11.2 Å². The van der Waals surface area contributed by atoms with E-state index in [4.69, 9.17) is 4.42 Å². The second-order valence-corrected chi connectivity index (χ2v) is 15.6. The number of anilines is 3. The Kier molecular flexibility index (Phi) is 7.89. The molecule has 0 spiro atoms. The number of furan rings is 1. The predicted molar refractivity (Wildman–Crippen MR) is 255 cm³/mol. The summed E-state index contributed by atoms with van der Waals surface area (Å²) in [5.74, 6) is 0. The lowest BCUT2D eigenvalue weighted by Crippen LogP contribution is -2.12. The number of hydrogen-bond acceptors (Lipinski definition) is 2. The molecule has 12 rings (SSSR count). The van der Waals surface area contributed by atoms with E-state index in [0.29, 0.717) is 0 Å². The van der Waals surface area contributed by atoms with Gasteiger partial charge in [0.2, 0.25) is 0 Å². The van der Waals surface area contributed by atoms with Crippen molar-refractivity contribution in [2.24, 2.45) is 0 Å². The third kappa shape index (κ3) is 5.42. The van der Waals surface area contributed by atoms with E-state index >= 15 is 0 Å². The van der Waals surface area contributed by atoms with Crippen LogP contribution in [-0.4, -0.2) is 0 Å². The molecule has 0 saturated heterocycles. The van der Waals surface area contributed by atoms with Gasteiger partial charge in [-0.2, -0.15) is 0 Å². The molecule has 2 heteroatoms. The number of benzene rings is 11. The summed E-state index contributed by atoms with van der Waals surface area (Å²) >= 11 is 0. The van der Waals surface area contributed by atoms with Gasteiger partial charge in [0, 0.05) is 33.0 Å². The second-order valence-electron chi connectivity index (χ2n) is 15.6. The molecule has 2 nitrogen and oxygen atoms in total. The van der Waals surface area contributed by atoms with Crippen LogP contribution in [0.1, 0.15) is 0 Å². The maximum atomic E-state index is 6.71. The molecule has 0 unspecified atom stereocenters. The molecule has 0 amide bonds. The minimum absolute atomic E-state index is 0.878. The summed E-state index contributed by atoms with van der Waals surface area (Å²) in [5.41, 5.74) is 12.1. The van der Waals surface area contributed by atoms with E-state index in [1.165, 1.54) is 54.4 Å². The van der Waals surface area contributed by atoms with Crippen molar-refractivity contribution in [1.82, 2.24) is 0 Å². The van der Waals surface area contributed by atoms with Crippen LogP contribution in [0.5, 0.6) is 0 Å². The van der Waals surface area contributed by atoms with Crippen LogP contribution in [-0.2, 0) is 0 Å². The summed E-state index contributed by atoms with van der Waals surface area (Å²) in [6, 6.07) is 81.3. The number of rotatable bonds is 6.